The van der Waals surface area contributed by atoms with Crippen LogP contribution in [0.15, 0.2) is 72.0 Å². The number of hydrogen-bond donors (Lipinski definition) is 1. The Labute approximate surface area is 204 Å². The van der Waals surface area contributed by atoms with E-state index in [2.05, 4.69) is 17.2 Å². The van der Waals surface area contributed by atoms with Gasteiger partial charge in [-0.05, 0) is 54.4 Å². The molecular formula is C27H28N4O4. The van der Waals surface area contributed by atoms with Gasteiger partial charge in [0.05, 0.1) is 26.5 Å². The van der Waals surface area contributed by atoms with E-state index in [-0.39, 0.29) is 17.7 Å². The molecule has 0 saturated carbocycles. The van der Waals surface area contributed by atoms with Crippen molar-refractivity contribution in [3.63, 3.8) is 0 Å². The minimum absolute atomic E-state index is 0.0147. The molecule has 0 radical (unpaired) electrons. The number of benzene rings is 2. The van der Waals surface area contributed by atoms with Crippen molar-refractivity contribution in [2.75, 3.05) is 19.5 Å². The Hall–Kier alpha value is -4.20. The fourth-order valence-electron chi connectivity index (χ4n) is 4.04. The van der Waals surface area contributed by atoms with Gasteiger partial charge in [-0.25, -0.2) is 5.01 Å². The zero-order chi connectivity index (χ0) is 24.8. The van der Waals surface area contributed by atoms with Crippen LogP contribution in [0.2, 0.25) is 0 Å². The number of anilines is 1. The van der Waals surface area contributed by atoms with Crippen molar-refractivity contribution in [3.05, 3.63) is 83.7 Å². The Balaban J connectivity index is 1.57. The Morgan fingerprint density at radius 3 is 2.60 bits per heavy atom. The van der Waals surface area contributed by atoms with Crippen LogP contribution in [-0.2, 0) is 11.3 Å². The second kappa shape index (κ2) is 10.8. The molecule has 0 fully saturated rings. The van der Waals surface area contributed by atoms with Gasteiger partial charge in [0.25, 0.3) is 5.91 Å². The molecule has 2 aromatic carbocycles. The number of rotatable bonds is 8. The second-order valence-electron chi connectivity index (χ2n) is 8.19. The van der Waals surface area contributed by atoms with E-state index in [9.17, 15) is 9.59 Å². The van der Waals surface area contributed by atoms with Gasteiger partial charge in [-0.15, -0.1) is 0 Å². The molecule has 0 spiro atoms. The monoisotopic (exact) mass is 472 g/mol. The Bertz CT molecular complexity index is 1240. The summed E-state index contributed by atoms with van der Waals surface area (Å²) in [5, 5.41) is 9.11. The topological polar surface area (TPSA) is 93.1 Å². The van der Waals surface area contributed by atoms with Crippen LogP contribution >= 0.6 is 0 Å². The van der Waals surface area contributed by atoms with E-state index < -0.39 is 0 Å². The van der Waals surface area contributed by atoms with Crippen molar-refractivity contribution in [1.29, 1.82) is 0 Å². The molecule has 1 atom stereocenters. The predicted octanol–water partition coefficient (Wildman–Crippen LogP) is 4.51. The first-order valence-electron chi connectivity index (χ1n) is 11.4. The van der Waals surface area contributed by atoms with E-state index in [1.165, 1.54) is 5.01 Å². The van der Waals surface area contributed by atoms with E-state index in [4.69, 9.17) is 14.6 Å². The first-order chi connectivity index (χ1) is 17.0. The maximum absolute atomic E-state index is 12.9. The van der Waals surface area contributed by atoms with Gasteiger partial charge >= 0.3 is 0 Å². The number of nitrogens with zero attached hydrogens (tertiary/aromatic N) is 3. The van der Waals surface area contributed by atoms with Crippen molar-refractivity contribution >= 4 is 23.2 Å². The molecule has 0 aliphatic carbocycles. The van der Waals surface area contributed by atoms with Crippen molar-refractivity contribution < 1.29 is 19.1 Å². The van der Waals surface area contributed by atoms with E-state index in [0.29, 0.717) is 35.8 Å². The molecule has 0 saturated heterocycles. The highest BCUT2D eigenvalue weighted by Crippen LogP contribution is 2.31. The standard InChI is InChI=1S/C27H28N4O4/c1-4-19-16-25(32)31(30-26(19)20-11-12-23(34-2)24(15-20)35-3)17-18-8-7-9-21(14-18)29-27(33)22-10-5-6-13-28-22/h5-15,19H,4,16-17H2,1-3H3,(H,29,33). The third-order valence-electron chi connectivity index (χ3n) is 5.91. The molecule has 1 aliphatic heterocycles. The van der Waals surface area contributed by atoms with Crippen LogP contribution < -0.4 is 14.8 Å². The first kappa shape index (κ1) is 23.9. The Morgan fingerprint density at radius 1 is 1.06 bits per heavy atom. The molecule has 8 nitrogen and oxygen atoms in total. The molecule has 1 aromatic heterocycles. The van der Waals surface area contributed by atoms with E-state index in [1.54, 1.807) is 44.7 Å². The number of methoxy groups -OCH3 is 2. The third-order valence-corrected chi connectivity index (χ3v) is 5.91. The summed E-state index contributed by atoms with van der Waals surface area (Å²) in [5.74, 6) is 0.932. The molecular weight excluding hydrogens is 444 g/mol. The van der Waals surface area contributed by atoms with E-state index >= 15 is 0 Å². The summed E-state index contributed by atoms with van der Waals surface area (Å²) in [5.41, 5.74) is 3.54. The maximum atomic E-state index is 12.9. The van der Waals surface area contributed by atoms with Crippen LogP contribution in [0.1, 0.15) is 41.4 Å². The van der Waals surface area contributed by atoms with E-state index in [0.717, 1.165) is 23.3 Å². The third kappa shape index (κ3) is 5.48. The van der Waals surface area contributed by atoms with Crippen molar-refractivity contribution in [2.45, 2.75) is 26.3 Å². The Kier molecular flexibility index (Phi) is 7.40. The highest BCUT2D eigenvalue weighted by Gasteiger charge is 2.29. The van der Waals surface area contributed by atoms with Gasteiger partial charge in [0.2, 0.25) is 5.91 Å². The smallest absolute Gasteiger partial charge is 0.274 e. The fourth-order valence-corrected chi connectivity index (χ4v) is 4.04. The van der Waals surface area contributed by atoms with Crippen molar-refractivity contribution in [3.8, 4) is 11.5 Å². The molecule has 1 aliphatic rings. The SMILES string of the molecule is CCC1CC(=O)N(Cc2cccc(NC(=O)c3ccccn3)c2)N=C1c1ccc(OC)c(OC)c1. The number of hydrazone groups is 1. The molecule has 180 valence electrons. The lowest BCUT2D eigenvalue weighted by molar-refractivity contribution is -0.133. The zero-order valence-electron chi connectivity index (χ0n) is 20.0. The van der Waals surface area contributed by atoms with Gasteiger partial charge < -0.3 is 14.8 Å². The summed E-state index contributed by atoms with van der Waals surface area (Å²) in [6.45, 7) is 2.34. The second-order valence-corrected chi connectivity index (χ2v) is 8.19. The maximum Gasteiger partial charge on any atom is 0.274 e. The summed E-state index contributed by atoms with van der Waals surface area (Å²) >= 11 is 0. The Morgan fingerprint density at radius 2 is 1.89 bits per heavy atom. The summed E-state index contributed by atoms with van der Waals surface area (Å²) in [6, 6.07) is 18.2. The van der Waals surface area contributed by atoms with Crippen molar-refractivity contribution in [1.82, 2.24) is 9.99 Å². The molecule has 35 heavy (non-hydrogen) atoms. The largest absolute Gasteiger partial charge is 0.493 e. The lowest BCUT2D eigenvalue weighted by Gasteiger charge is -2.29. The van der Waals surface area contributed by atoms with Gasteiger partial charge in [-0.1, -0.05) is 25.1 Å². The van der Waals surface area contributed by atoms with E-state index in [1.807, 2.05) is 36.4 Å². The molecule has 1 N–H and O–H groups in total. The van der Waals surface area contributed by atoms with Gasteiger partial charge in [-0.2, -0.15) is 5.10 Å². The zero-order valence-corrected chi connectivity index (χ0v) is 20.0. The number of carbonyl (C=O) groups is 2. The number of ether oxygens (including phenoxy) is 2. The summed E-state index contributed by atoms with van der Waals surface area (Å²) in [4.78, 5) is 29.4. The molecule has 0 bridgehead atoms. The molecule has 3 aromatic rings. The average Bonchev–Trinajstić information content (AvgIpc) is 2.89. The fraction of sp³-hybridized carbons (Fsp3) is 0.259. The highest BCUT2D eigenvalue weighted by molar-refractivity contribution is 6.06. The lowest BCUT2D eigenvalue weighted by atomic mass is 9.89. The molecule has 2 heterocycles. The number of amides is 2. The molecule has 1 unspecified atom stereocenters. The number of aromatic nitrogens is 1. The minimum Gasteiger partial charge on any atom is -0.493 e. The average molecular weight is 473 g/mol. The summed E-state index contributed by atoms with van der Waals surface area (Å²) in [7, 11) is 3.19. The van der Waals surface area contributed by atoms with Gasteiger partial charge in [-0.3, -0.25) is 14.6 Å². The molecule has 4 rings (SSSR count). The molecule has 2 amide bonds. The summed E-state index contributed by atoms with van der Waals surface area (Å²) < 4.78 is 10.8. The number of pyridine rings is 1. The number of hydrogen-bond acceptors (Lipinski definition) is 6. The van der Waals surface area contributed by atoms with Crippen molar-refractivity contribution in [2.24, 2.45) is 11.0 Å². The number of nitrogens with one attached hydrogen (secondary N) is 1. The van der Waals surface area contributed by atoms with Gasteiger partial charge in [0, 0.05) is 29.8 Å². The number of carbonyl (C=O) groups excluding carboxylic acids is 2. The first-order valence-corrected chi connectivity index (χ1v) is 11.4. The minimum atomic E-state index is -0.295. The van der Waals surface area contributed by atoms with Crippen LogP contribution in [0, 0.1) is 5.92 Å². The van der Waals surface area contributed by atoms with Crippen LogP contribution in [0.4, 0.5) is 5.69 Å². The lowest BCUT2D eigenvalue weighted by Crippen LogP contribution is -2.36. The van der Waals surface area contributed by atoms with Crippen LogP contribution in [0.3, 0.4) is 0 Å². The highest BCUT2D eigenvalue weighted by atomic mass is 16.5. The van der Waals surface area contributed by atoms with Crippen LogP contribution in [0.25, 0.3) is 0 Å². The quantitative estimate of drug-likeness (QED) is 0.521. The normalized spacial score (nSPS) is 15.4. The van der Waals surface area contributed by atoms with Crippen LogP contribution in [0.5, 0.6) is 11.5 Å². The van der Waals surface area contributed by atoms with Gasteiger partial charge in [0.1, 0.15) is 5.69 Å². The van der Waals surface area contributed by atoms with Gasteiger partial charge in [0.15, 0.2) is 11.5 Å². The predicted molar refractivity (Wildman–Crippen MR) is 134 cm³/mol. The van der Waals surface area contributed by atoms with Crippen LogP contribution in [-0.4, -0.2) is 41.7 Å². The summed E-state index contributed by atoms with van der Waals surface area (Å²) in [6.07, 6.45) is 2.74. The molecule has 8 heteroatoms.